The Labute approximate surface area is 130 Å². The van der Waals surface area contributed by atoms with Gasteiger partial charge in [0.05, 0.1) is 5.02 Å². The molecular formula is C13H16BrClN2O3. The van der Waals surface area contributed by atoms with Crippen LogP contribution in [0.5, 0.6) is 0 Å². The predicted octanol–water partition coefficient (Wildman–Crippen LogP) is 3.72. The van der Waals surface area contributed by atoms with E-state index in [1.807, 2.05) is 13.8 Å². The molecule has 1 rings (SSSR count). The van der Waals surface area contributed by atoms with Crippen LogP contribution < -0.4 is 10.6 Å². The number of hydrogen-bond acceptors (Lipinski definition) is 2. The van der Waals surface area contributed by atoms with E-state index < -0.39 is 18.0 Å². The number of rotatable bonds is 5. The normalized spacial score (nSPS) is 12.1. The van der Waals surface area contributed by atoms with Gasteiger partial charge in [-0.15, -0.1) is 0 Å². The second kappa shape index (κ2) is 7.50. The summed E-state index contributed by atoms with van der Waals surface area (Å²) >= 11 is 9.09. The number of hydrogen-bond donors (Lipinski definition) is 3. The topological polar surface area (TPSA) is 78.4 Å². The van der Waals surface area contributed by atoms with Gasteiger partial charge < -0.3 is 15.7 Å². The van der Waals surface area contributed by atoms with Crippen LogP contribution in [0.4, 0.5) is 10.5 Å². The summed E-state index contributed by atoms with van der Waals surface area (Å²) in [5.74, 6) is -0.882. The summed E-state index contributed by atoms with van der Waals surface area (Å²) in [5, 5.41) is 14.6. The Kier molecular flexibility index (Phi) is 6.29. The number of benzene rings is 1. The standard InChI is InChI=1S/C13H16BrClN2O3/c1-7(2)5-11(12(18)19)17-13(20)16-8-3-4-10(15)9(14)6-8/h3-4,6-7,11H,5H2,1-2H3,(H,18,19)(H2,16,17,20)/t11-/m1/s1. The van der Waals surface area contributed by atoms with Crippen LogP contribution in [0.1, 0.15) is 20.3 Å². The number of aliphatic carboxylic acids is 1. The van der Waals surface area contributed by atoms with E-state index in [0.29, 0.717) is 21.6 Å². The fourth-order valence-electron chi connectivity index (χ4n) is 1.59. The number of amides is 2. The average Bonchev–Trinajstić information content (AvgIpc) is 2.32. The largest absolute Gasteiger partial charge is 0.480 e. The second-order valence-corrected chi connectivity index (χ2v) is 6.01. The smallest absolute Gasteiger partial charge is 0.326 e. The first-order valence-corrected chi connectivity index (χ1v) is 7.22. The molecule has 0 aromatic heterocycles. The van der Waals surface area contributed by atoms with E-state index in [4.69, 9.17) is 16.7 Å². The fraction of sp³-hybridized carbons (Fsp3) is 0.385. The molecule has 0 unspecified atom stereocenters. The number of nitrogens with one attached hydrogen (secondary N) is 2. The number of halogens is 2. The van der Waals surface area contributed by atoms with Crippen molar-refractivity contribution in [3.8, 4) is 0 Å². The van der Waals surface area contributed by atoms with Gasteiger partial charge in [-0.05, 0) is 46.5 Å². The van der Waals surface area contributed by atoms with Gasteiger partial charge in [0.15, 0.2) is 0 Å². The third-order valence-corrected chi connectivity index (χ3v) is 3.70. The van der Waals surface area contributed by atoms with Crippen molar-refractivity contribution < 1.29 is 14.7 Å². The molecule has 0 saturated carbocycles. The highest BCUT2D eigenvalue weighted by atomic mass is 79.9. The SMILES string of the molecule is CC(C)C[C@@H](NC(=O)Nc1ccc(Cl)c(Br)c1)C(=O)O. The zero-order valence-electron chi connectivity index (χ0n) is 11.1. The van der Waals surface area contributed by atoms with E-state index in [1.54, 1.807) is 18.2 Å². The molecule has 0 fully saturated rings. The van der Waals surface area contributed by atoms with E-state index in [0.717, 1.165) is 0 Å². The quantitative estimate of drug-likeness (QED) is 0.746. The molecule has 20 heavy (non-hydrogen) atoms. The lowest BCUT2D eigenvalue weighted by Gasteiger charge is -2.17. The number of carboxylic acid groups (broad SMARTS) is 1. The molecule has 0 aliphatic heterocycles. The summed E-state index contributed by atoms with van der Waals surface area (Å²) in [6, 6.07) is 3.42. The van der Waals surface area contributed by atoms with E-state index in [9.17, 15) is 9.59 Å². The lowest BCUT2D eigenvalue weighted by atomic mass is 10.0. The van der Waals surface area contributed by atoms with Gasteiger partial charge in [0.25, 0.3) is 0 Å². The molecule has 0 saturated heterocycles. The Morgan fingerprint density at radius 1 is 1.40 bits per heavy atom. The highest BCUT2D eigenvalue weighted by molar-refractivity contribution is 9.10. The van der Waals surface area contributed by atoms with Gasteiger partial charge in [0.2, 0.25) is 0 Å². The van der Waals surface area contributed by atoms with Gasteiger partial charge >= 0.3 is 12.0 Å². The zero-order chi connectivity index (χ0) is 15.3. The van der Waals surface area contributed by atoms with Gasteiger partial charge in [0.1, 0.15) is 6.04 Å². The van der Waals surface area contributed by atoms with Gasteiger partial charge in [-0.3, -0.25) is 0 Å². The minimum absolute atomic E-state index is 0.168. The molecule has 3 N–H and O–H groups in total. The number of carbonyl (C=O) groups is 2. The monoisotopic (exact) mass is 362 g/mol. The van der Waals surface area contributed by atoms with E-state index in [-0.39, 0.29) is 5.92 Å². The van der Waals surface area contributed by atoms with Crippen molar-refractivity contribution >= 4 is 45.2 Å². The van der Waals surface area contributed by atoms with Crippen LogP contribution in [0, 0.1) is 5.92 Å². The summed E-state index contributed by atoms with van der Waals surface area (Å²) in [7, 11) is 0. The van der Waals surface area contributed by atoms with E-state index in [1.165, 1.54) is 0 Å². The second-order valence-electron chi connectivity index (χ2n) is 4.75. The molecule has 0 heterocycles. The molecule has 1 atom stereocenters. The molecule has 7 heteroatoms. The average molecular weight is 364 g/mol. The van der Waals surface area contributed by atoms with Crippen molar-refractivity contribution in [1.82, 2.24) is 5.32 Å². The summed E-state index contributed by atoms with van der Waals surface area (Å²) < 4.78 is 0.647. The third-order valence-electron chi connectivity index (χ3n) is 2.49. The van der Waals surface area contributed by atoms with Gasteiger partial charge in [-0.2, -0.15) is 0 Å². The summed E-state index contributed by atoms with van der Waals surface area (Å²) in [4.78, 5) is 22.8. The van der Waals surface area contributed by atoms with Crippen LogP contribution in [0.25, 0.3) is 0 Å². The van der Waals surface area contributed by atoms with Crippen molar-refractivity contribution in [2.24, 2.45) is 5.92 Å². The number of urea groups is 1. The Hall–Kier alpha value is -1.27. The molecule has 110 valence electrons. The Morgan fingerprint density at radius 3 is 2.55 bits per heavy atom. The van der Waals surface area contributed by atoms with Crippen LogP contribution in [0.2, 0.25) is 5.02 Å². The van der Waals surface area contributed by atoms with Crippen LogP contribution >= 0.6 is 27.5 Å². The summed E-state index contributed by atoms with van der Waals surface area (Å²) in [5.41, 5.74) is 0.521. The Bertz CT molecular complexity index is 508. The molecule has 0 aliphatic carbocycles. The lowest BCUT2D eigenvalue weighted by molar-refractivity contribution is -0.139. The molecule has 0 bridgehead atoms. The first-order valence-electron chi connectivity index (χ1n) is 6.05. The van der Waals surface area contributed by atoms with Crippen LogP contribution in [-0.2, 0) is 4.79 Å². The van der Waals surface area contributed by atoms with Crippen molar-refractivity contribution in [1.29, 1.82) is 0 Å². The molecule has 5 nitrogen and oxygen atoms in total. The third kappa shape index (κ3) is 5.38. The van der Waals surface area contributed by atoms with Crippen molar-refractivity contribution in [2.45, 2.75) is 26.3 Å². The Morgan fingerprint density at radius 2 is 2.05 bits per heavy atom. The predicted molar refractivity (Wildman–Crippen MR) is 82.2 cm³/mol. The molecule has 0 spiro atoms. The van der Waals surface area contributed by atoms with E-state index in [2.05, 4.69) is 26.6 Å². The maximum atomic E-state index is 11.8. The molecule has 0 aliphatic rings. The fourth-order valence-corrected chi connectivity index (χ4v) is 2.09. The minimum Gasteiger partial charge on any atom is -0.480 e. The number of carbonyl (C=O) groups excluding carboxylic acids is 1. The van der Waals surface area contributed by atoms with Crippen LogP contribution in [0.15, 0.2) is 22.7 Å². The molecule has 2 amide bonds. The lowest BCUT2D eigenvalue weighted by Crippen LogP contribution is -2.43. The van der Waals surface area contributed by atoms with E-state index >= 15 is 0 Å². The molecule has 0 radical (unpaired) electrons. The van der Waals surface area contributed by atoms with Crippen molar-refractivity contribution in [3.05, 3.63) is 27.7 Å². The highest BCUT2D eigenvalue weighted by Gasteiger charge is 2.21. The maximum absolute atomic E-state index is 11.8. The summed E-state index contributed by atoms with van der Waals surface area (Å²) in [6.07, 6.45) is 0.368. The highest BCUT2D eigenvalue weighted by Crippen LogP contribution is 2.25. The van der Waals surface area contributed by atoms with Crippen LogP contribution in [-0.4, -0.2) is 23.1 Å². The Balaban J connectivity index is 2.65. The summed E-state index contributed by atoms with van der Waals surface area (Å²) in [6.45, 7) is 3.79. The molecule has 1 aromatic carbocycles. The molecule has 1 aromatic rings. The van der Waals surface area contributed by atoms with Crippen molar-refractivity contribution in [3.63, 3.8) is 0 Å². The van der Waals surface area contributed by atoms with Gasteiger partial charge in [-0.1, -0.05) is 25.4 Å². The number of anilines is 1. The first-order chi connectivity index (χ1) is 9.29. The minimum atomic E-state index is -1.05. The van der Waals surface area contributed by atoms with Gasteiger partial charge in [0, 0.05) is 10.2 Å². The first kappa shape index (κ1) is 16.8. The maximum Gasteiger partial charge on any atom is 0.326 e. The van der Waals surface area contributed by atoms with Crippen molar-refractivity contribution in [2.75, 3.05) is 5.32 Å². The molecular weight excluding hydrogens is 348 g/mol. The zero-order valence-corrected chi connectivity index (χ0v) is 13.5. The van der Waals surface area contributed by atoms with Crippen LogP contribution in [0.3, 0.4) is 0 Å². The van der Waals surface area contributed by atoms with Gasteiger partial charge in [-0.25, -0.2) is 9.59 Å². The number of carboxylic acids is 1.